The SMILES string of the molecule is COc1ccc(CCNC(=NCC(=O)N(C)C)N2CC(C)CC(C)C2)cc1.I. The van der Waals surface area contributed by atoms with Gasteiger partial charge >= 0.3 is 0 Å². The van der Waals surface area contributed by atoms with Gasteiger partial charge in [0.05, 0.1) is 7.11 Å². The number of likely N-dealkylation sites (tertiary alicyclic amines) is 1. The van der Waals surface area contributed by atoms with E-state index in [1.54, 1.807) is 26.1 Å². The first kappa shape index (κ1) is 24.5. The fourth-order valence-corrected chi connectivity index (χ4v) is 3.50. The van der Waals surface area contributed by atoms with Crippen LogP contribution in [0.3, 0.4) is 0 Å². The smallest absolute Gasteiger partial charge is 0.243 e. The van der Waals surface area contributed by atoms with E-state index in [1.807, 2.05) is 12.1 Å². The predicted octanol–water partition coefficient (Wildman–Crippen LogP) is 2.87. The topological polar surface area (TPSA) is 57.2 Å². The molecule has 0 radical (unpaired) electrons. The molecule has 1 saturated heterocycles. The molecule has 0 aliphatic carbocycles. The summed E-state index contributed by atoms with van der Waals surface area (Å²) in [4.78, 5) is 20.5. The van der Waals surface area contributed by atoms with Crippen molar-refractivity contribution in [1.29, 1.82) is 0 Å². The van der Waals surface area contributed by atoms with Crippen molar-refractivity contribution in [2.75, 3.05) is 47.4 Å². The summed E-state index contributed by atoms with van der Waals surface area (Å²) >= 11 is 0. The Labute approximate surface area is 186 Å². The van der Waals surface area contributed by atoms with Gasteiger partial charge in [-0.05, 0) is 42.4 Å². The molecule has 1 amide bonds. The van der Waals surface area contributed by atoms with Crippen molar-refractivity contribution in [2.24, 2.45) is 16.8 Å². The molecule has 28 heavy (non-hydrogen) atoms. The molecule has 0 spiro atoms. The lowest BCUT2D eigenvalue weighted by Gasteiger charge is -2.37. The van der Waals surface area contributed by atoms with Crippen LogP contribution in [0.15, 0.2) is 29.3 Å². The number of piperidine rings is 1. The van der Waals surface area contributed by atoms with Crippen LogP contribution in [-0.2, 0) is 11.2 Å². The second kappa shape index (κ2) is 12.1. The highest BCUT2D eigenvalue weighted by atomic mass is 127. The summed E-state index contributed by atoms with van der Waals surface area (Å²) in [6.45, 7) is 7.48. The predicted molar refractivity (Wildman–Crippen MR) is 126 cm³/mol. The Morgan fingerprint density at radius 3 is 2.36 bits per heavy atom. The molecule has 1 N–H and O–H groups in total. The number of carbonyl (C=O) groups excluding carboxylic acids is 1. The van der Waals surface area contributed by atoms with Gasteiger partial charge in [0.2, 0.25) is 5.91 Å². The summed E-state index contributed by atoms with van der Waals surface area (Å²) < 4.78 is 5.21. The maximum absolute atomic E-state index is 12.0. The van der Waals surface area contributed by atoms with Crippen LogP contribution in [0.4, 0.5) is 0 Å². The average molecular weight is 502 g/mol. The van der Waals surface area contributed by atoms with Gasteiger partial charge in [0.25, 0.3) is 0 Å². The van der Waals surface area contributed by atoms with Gasteiger partial charge < -0.3 is 19.9 Å². The van der Waals surface area contributed by atoms with Crippen LogP contribution in [0.5, 0.6) is 5.75 Å². The highest BCUT2D eigenvalue weighted by molar-refractivity contribution is 14.0. The normalized spacial score (nSPS) is 19.6. The molecule has 1 aliphatic rings. The maximum atomic E-state index is 12.0. The van der Waals surface area contributed by atoms with Gasteiger partial charge in [0.15, 0.2) is 5.96 Å². The minimum atomic E-state index is 0. The zero-order valence-electron chi connectivity index (χ0n) is 17.8. The van der Waals surface area contributed by atoms with Crippen molar-refractivity contribution >= 4 is 35.8 Å². The van der Waals surface area contributed by atoms with Crippen molar-refractivity contribution in [3.63, 3.8) is 0 Å². The number of hydrogen-bond donors (Lipinski definition) is 1. The van der Waals surface area contributed by atoms with E-state index in [1.165, 1.54) is 12.0 Å². The van der Waals surface area contributed by atoms with Crippen molar-refractivity contribution < 1.29 is 9.53 Å². The maximum Gasteiger partial charge on any atom is 0.243 e. The number of guanidine groups is 1. The summed E-state index contributed by atoms with van der Waals surface area (Å²) in [5.41, 5.74) is 1.24. The molecule has 1 fully saturated rings. The number of methoxy groups -OCH3 is 1. The molecule has 0 aromatic heterocycles. The quantitative estimate of drug-likeness (QED) is 0.370. The Balaban J connectivity index is 0.00000392. The molecule has 0 bridgehead atoms. The Hall–Kier alpha value is -1.51. The van der Waals surface area contributed by atoms with E-state index in [0.29, 0.717) is 11.8 Å². The highest BCUT2D eigenvalue weighted by Crippen LogP contribution is 2.21. The number of likely N-dealkylation sites (N-methyl/N-ethyl adjacent to an activating group) is 1. The number of halogens is 1. The van der Waals surface area contributed by atoms with Gasteiger partial charge in [-0.15, -0.1) is 24.0 Å². The van der Waals surface area contributed by atoms with Crippen molar-refractivity contribution in [3.05, 3.63) is 29.8 Å². The number of nitrogens with one attached hydrogen (secondary N) is 1. The largest absolute Gasteiger partial charge is 0.497 e. The zero-order chi connectivity index (χ0) is 19.8. The minimum absolute atomic E-state index is 0. The van der Waals surface area contributed by atoms with Crippen LogP contribution in [0.2, 0.25) is 0 Å². The first-order chi connectivity index (χ1) is 12.9. The summed E-state index contributed by atoms with van der Waals surface area (Å²) in [5, 5.41) is 3.48. The molecular weight excluding hydrogens is 467 g/mol. The van der Waals surface area contributed by atoms with E-state index >= 15 is 0 Å². The molecule has 158 valence electrons. The van der Waals surface area contributed by atoms with E-state index in [9.17, 15) is 4.79 Å². The van der Waals surface area contributed by atoms with Crippen molar-refractivity contribution in [3.8, 4) is 5.75 Å². The molecule has 0 saturated carbocycles. The van der Waals surface area contributed by atoms with Gasteiger partial charge in [-0.25, -0.2) is 4.99 Å². The molecule has 1 heterocycles. The highest BCUT2D eigenvalue weighted by Gasteiger charge is 2.24. The fourth-order valence-electron chi connectivity index (χ4n) is 3.50. The van der Waals surface area contributed by atoms with Crippen molar-refractivity contribution in [1.82, 2.24) is 15.1 Å². The Morgan fingerprint density at radius 1 is 1.21 bits per heavy atom. The standard InChI is InChI=1S/C21H34N4O2.HI/c1-16-12-17(2)15-25(14-16)21(23-13-20(26)24(3)4)22-11-10-18-6-8-19(27-5)9-7-18;/h6-9,16-17H,10-15H2,1-5H3,(H,22,23);1H. The number of ether oxygens (including phenoxy) is 1. The van der Waals surface area contributed by atoms with Crippen LogP contribution < -0.4 is 10.1 Å². The molecule has 1 aliphatic heterocycles. The van der Waals surface area contributed by atoms with E-state index in [-0.39, 0.29) is 36.4 Å². The number of aliphatic imine (C=N–C) groups is 1. The van der Waals surface area contributed by atoms with E-state index in [4.69, 9.17) is 4.74 Å². The Bertz CT molecular complexity index is 624. The number of rotatable bonds is 6. The molecule has 1 aromatic carbocycles. The molecular formula is C21H35IN4O2. The van der Waals surface area contributed by atoms with Gasteiger partial charge in [0.1, 0.15) is 12.3 Å². The molecule has 2 atom stereocenters. The number of nitrogens with zero attached hydrogens (tertiary/aromatic N) is 3. The van der Waals surface area contributed by atoms with Crippen LogP contribution in [0, 0.1) is 11.8 Å². The van der Waals surface area contributed by atoms with Crippen LogP contribution >= 0.6 is 24.0 Å². The van der Waals surface area contributed by atoms with Crippen molar-refractivity contribution in [2.45, 2.75) is 26.7 Å². The molecule has 2 rings (SSSR count). The average Bonchev–Trinajstić information content (AvgIpc) is 2.63. The third-order valence-electron chi connectivity index (χ3n) is 4.89. The molecule has 1 aromatic rings. The second-order valence-electron chi connectivity index (χ2n) is 7.80. The molecule has 2 unspecified atom stereocenters. The van der Waals surface area contributed by atoms with Crippen LogP contribution in [0.25, 0.3) is 0 Å². The third-order valence-corrected chi connectivity index (χ3v) is 4.89. The number of benzene rings is 1. The van der Waals surface area contributed by atoms with Gasteiger partial charge in [-0.1, -0.05) is 26.0 Å². The molecule has 6 nitrogen and oxygen atoms in total. The Morgan fingerprint density at radius 2 is 1.82 bits per heavy atom. The molecule has 7 heteroatoms. The summed E-state index contributed by atoms with van der Waals surface area (Å²) in [7, 11) is 5.20. The van der Waals surface area contributed by atoms with E-state index < -0.39 is 0 Å². The number of amides is 1. The lowest BCUT2D eigenvalue weighted by molar-refractivity contribution is -0.127. The van der Waals surface area contributed by atoms with E-state index in [0.717, 1.165) is 37.8 Å². The van der Waals surface area contributed by atoms with Crippen LogP contribution in [-0.4, -0.2) is 69.1 Å². The van der Waals surface area contributed by atoms with Crippen LogP contribution in [0.1, 0.15) is 25.8 Å². The summed E-state index contributed by atoms with van der Waals surface area (Å²) in [6.07, 6.45) is 2.13. The van der Waals surface area contributed by atoms with Gasteiger partial charge in [0, 0.05) is 33.7 Å². The second-order valence-corrected chi connectivity index (χ2v) is 7.80. The zero-order valence-corrected chi connectivity index (χ0v) is 20.1. The first-order valence-corrected chi connectivity index (χ1v) is 9.75. The lowest BCUT2D eigenvalue weighted by atomic mass is 9.92. The monoisotopic (exact) mass is 502 g/mol. The lowest BCUT2D eigenvalue weighted by Crippen LogP contribution is -2.49. The van der Waals surface area contributed by atoms with E-state index in [2.05, 4.69) is 41.2 Å². The number of carbonyl (C=O) groups is 1. The number of hydrogen-bond acceptors (Lipinski definition) is 3. The first-order valence-electron chi connectivity index (χ1n) is 9.75. The van der Waals surface area contributed by atoms with Gasteiger partial charge in [-0.2, -0.15) is 0 Å². The van der Waals surface area contributed by atoms with Gasteiger partial charge in [-0.3, -0.25) is 4.79 Å². The third kappa shape index (κ3) is 7.85. The fraction of sp³-hybridized carbons (Fsp3) is 0.619. The Kier molecular flexibility index (Phi) is 10.6. The summed E-state index contributed by atoms with van der Waals surface area (Å²) in [5.74, 6) is 2.99. The minimum Gasteiger partial charge on any atom is -0.497 e. The summed E-state index contributed by atoms with van der Waals surface area (Å²) in [6, 6.07) is 8.12.